The molecule has 5 nitrogen and oxygen atoms in total. The molecule has 19 heavy (non-hydrogen) atoms. The van der Waals surface area contributed by atoms with Crippen LogP contribution in [0.3, 0.4) is 0 Å². The summed E-state index contributed by atoms with van der Waals surface area (Å²) in [5.74, 6) is 0. The molecule has 0 saturated heterocycles. The number of hydrogen-bond acceptors (Lipinski definition) is 5. The fraction of sp³-hybridized carbons (Fsp3) is 0.364. The number of ether oxygens (including phenoxy) is 1. The fourth-order valence-electron chi connectivity index (χ4n) is 1.43. The van der Waals surface area contributed by atoms with Crippen molar-refractivity contribution in [2.24, 2.45) is 0 Å². The maximum absolute atomic E-state index is 11.8. The van der Waals surface area contributed by atoms with Crippen LogP contribution in [0.2, 0.25) is 0 Å². The number of nitrogens with one attached hydrogen (secondary N) is 1. The minimum Gasteiger partial charge on any atom is -0.423 e. The zero-order chi connectivity index (χ0) is 13.9. The second kappa shape index (κ2) is 5.35. The topological polar surface area (TPSA) is 73.3 Å². The van der Waals surface area contributed by atoms with E-state index >= 15 is 0 Å². The number of nitrogens with two attached hydrogens (primary N) is 1. The Labute approximate surface area is 106 Å². The average molecular weight is 275 g/mol. The van der Waals surface area contributed by atoms with Crippen LogP contribution in [0, 0.1) is 0 Å². The maximum Gasteiger partial charge on any atom is 0.411 e. The second-order valence-electron chi connectivity index (χ2n) is 3.84. The number of fused-ring (bicyclic) bond motifs is 1. The molecule has 0 fully saturated rings. The van der Waals surface area contributed by atoms with E-state index in [1.54, 1.807) is 18.2 Å². The zero-order valence-corrected chi connectivity index (χ0v) is 9.83. The van der Waals surface area contributed by atoms with E-state index < -0.39 is 12.8 Å². The first kappa shape index (κ1) is 13.5. The molecule has 3 N–H and O–H groups in total. The molecule has 2 aromatic rings. The van der Waals surface area contributed by atoms with Gasteiger partial charge in [-0.1, -0.05) is 0 Å². The van der Waals surface area contributed by atoms with Gasteiger partial charge in [0.15, 0.2) is 5.58 Å². The van der Waals surface area contributed by atoms with E-state index in [2.05, 4.69) is 15.0 Å². The standard InChI is InChI=1S/C11H12F3N3O2/c12-11(13,14)6-18-4-3-16-10-17-8-2-1-7(15)5-9(8)19-10/h1-2,5H,3-4,6,15H2,(H,16,17). The monoisotopic (exact) mass is 275 g/mol. The lowest BCUT2D eigenvalue weighted by Crippen LogP contribution is -2.20. The first-order chi connectivity index (χ1) is 8.94. The van der Waals surface area contributed by atoms with Gasteiger partial charge in [0, 0.05) is 18.3 Å². The lowest BCUT2D eigenvalue weighted by atomic mass is 10.3. The van der Waals surface area contributed by atoms with Gasteiger partial charge in [0.2, 0.25) is 0 Å². The van der Waals surface area contributed by atoms with Crippen molar-refractivity contribution in [3.8, 4) is 0 Å². The normalized spacial score (nSPS) is 11.9. The van der Waals surface area contributed by atoms with Crippen LogP contribution >= 0.6 is 0 Å². The van der Waals surface area contributed by atoms with Gasteiger partial charge in [-0.3, -0.25) is 0 Å². The summed E-state index contributed by atoms with van der Waals surface area (Å²) < 4.78 is 45.1. The molecule has 1 aromatic heterocycles. The number of nitrogens with zero attached hydrogens (tertiary/aromatic N) is 1. The number of alkyl halides is 3. The highest BCUT2D eigenvalue weighted by atomic mass is 19.4. The highest BCUT2D eigenvalue weighted by Crippen LogP contribution is 2.20. The van der Waals surface area contributed by atoms with Crippen molar-refractivity contribution in [1.82, 2.24) is 4.98 Å². The average Bonchev–Trinajstić information content (AvgIpc) is 2.68. The van der Waals surface area contributed by atoms with Crippen LogP contribution in [0.4, 0.5) is 24.9 Å². The Morgan fingerprint density at radius 2 is 2.16 bits per heavy atom. The number of oxazole rings is 1. The Morgan fingerprint density at radius 3 is 2.89 bits per heavy atom. The number of nitrogen functional groups attached to an aromatic ring is 1. The van der Waals surface area contributed by atoms with Gasteiger partial charge < -0.3 is 20.2 Å². The number of halogens is 3. The molecule has 0 saturated carbocycles. The molecule has 0 amide bonds. The first-order valence-electron chi connectivity index (χ1n) is 5.48. The van der Waals surface area contributed by atoms with E-state index in [0.29, 0.717) is 16.8 Å². The lowest BCUT2D eigenvalue weighted by Gasteiger charge is -2.07. The van der Waals surface area contributed by atoms with E-state index in [9.17, 15) is 13.2 Å². The SMILES string of the molecule is Nc1ccc2nc(NCCOCC(F)(F)F)oc2c1. The number of rotatable bonds is 5. The Hall–Kier alpha value is -1.96. The second-order valence-corrected chi connectivity index (χ2v) is 3.84. The van der Waals surface area contributed by atoms with Crippen molar-refractivity contribution >= 4 is 22.8 Å². The Kier molecular flexibility index (Phi) is 3.79. The zero-order valence-electron chi connectivity index (χ0n) is 9.83. The van der Waals surface area contributed by atoms with E-state index in [1.807, 2.05) is 0 Å². The van der Waals surface area contributed by atoms with Gasteiger partial charge in [-0.15, -0.1) is 0 Å². The minimum absolute atomic E-state index is 0.0969. The summed E-state index contributed by atoms with van der Waals surface area (Å²) in [6.07, 6.45) is -4.31. The van der Waals surface area contributed by atoms with Crippen molar-refractivity contribution in [2.75, 3.05) is 30.8 Å². The summed E-state index contributed by atoms with van der Waals surface area (Å²) in [6, 6.07) is 5.21. The molecule has 0 spiro atoms. The van der Waals surface area contributed by atoms with Crippen LogP contribution in [0.25, 0.3) is 11.1 Å². The van der Waals surface area contributed by atoms with Crippen LogP contribution in [0.15, 0.2) is 22.6 Å². The number of benzene rings is 1. The molecule has 104 valence electrons. The van der Waals surface area contributed by atoms with Crippen LogP contribution < -0.4 is 11.1 Å². The van der Waals surface area contributed by atoms with Gasteiger partial charge in [-0.2, -0.15) is 18.2 Å². The van der Waals surface area contributed by atoms with Gasteiger partial charge in [-0.25, -0.2) is 0 Å². The van der Waals surface area contributed by atoms with Crippen LogP contribution in [0.5, 0.6) is 0 Å². The molecule has 1 aromatic carbocycles. The molecule has 8 heteroatoms. The molecular formula is C11H12F3N3O2. The molecule has 0 bridgehead atoms. The predicted octanol–water partition coefficient (Wildman–Crippen LogP) is 2.40. The quantitative estimate of drug-likeness (QED) is 0.647. The molecule has 0 unspecified atom stereocenters. The highest BCUT2D eigenvalue weighted by Gasteiger charge is 2.27. The molecule has 0 atom stereocenters. The van der Waals surface area contributed by atoms with Gasteiger partial charge >= 0.3 is 6.18 Å². The Bertz CT molecular complexity index is 554. The predicted molar refractivity (Wildman–Crippen MR) is 63.8 cm³/mol. The van der Waals surface area contributed by atoms with Gasteiger partial charge in [0.05, 0.1) is 6.61 Å². The van der Waals surface area contributed by atoms with Crippen molar-refractivity contribution in [1.29, 1.82) is 0 Å². The van der Waals surface area contributed by atoms with E-state index in [0.717, 1.165) is 0 Å². The smallest absolute Gasteiger partial charge is 0.411 e. The number of hydrogen-bond donors (Lipinski definition) is 2. The lowest BCUT2D eigenvalue weighted by molar-refractivity contribution is -0.172. The third kappa shape index (κ3) is 4.02. The Morgan fingerprint density at radius 1 is 1.37 bits per heavy atom. The third-order valence-electron chi connectivity index (χ3n) is 2.20. The molecule has 0 aliphatic heterocycles. The summed E-state index contributed by atoms with van der Waals surface area (Å²) >= 11 is 0. The molecule has 2 rings (SSSR count). The first-order valence-corrected chi connectivity index (χ1v) is 5.48. The third-order valence-corrected chi connectivity index (χ3v) is 2.20. The van der Waals surface area contributed by atoms with Crippen molar-refractivity contribution in [2.45, 2.75) is 6.18 Å². The summed E-state index contributed by atoms with van der Waals surface area (Å²) in [7, 11) is 0. The van der Waals surface area contributed by atoms with Gasteiger partial charge in [-0.05, 0) is 12.1 Å². The van der Waals surface area contributed by atoms with Crippen molar-refractivity contribution < 1.29 is 22.3 Å². The van der Waals surface area contributed by atoms with Crippen LogP contribution in [-0.2, 0) is 4.74 Å². The Balaban J connectivity index is 1.82. The van der Waals surface area contributed by atoms with Crippen LogP contribution in [-0.4, -0.2) is 30.9 Å². The highest BCUT2D eigenvalue weighted by molar-refractivity contribution is 5.77. The summed E-state index contributed by atoms with van der Waals surface area (Å²) in [4.78, 5) is 4.09. The summed E-state index contributed by atoms with van der Waals surface area (Å²) in [5.41, 5.74) is 7.26. The van der Waals surface area contributed by atoms with E-state index in [1.165, 1.54) is 0 Å². The van der Waals surface area contributed by atoms with Crippen molar-refractivity contribution in [3.63, 3.8) is 0 Å². The minimum atomic E-state index is -4.31. The fourth-order valence-corrected chi connectivity index (χ4v) is 1.43. The summed E-state index contributed by atoms with van der Waals surface area (Å²) in [5, 5.41) is 2.73. The molecule has 1 heterocycles. The van der Waals surface area contributed by atoms with Crippen molar-refractivity contribution in [3.05, 3.63) is 18.2 Å². The molecule has 0 aliphatic carbocycles. The van der Waals surface area contributed by atoms with E-state index in [4.69, 9.17) is 10.2 Å². The largest absolute Gasteiger partial charge is 0.423 e. The molecular weight excluding hydrogens is 263 g/mol. The van der Waals surface area contributed by atoms with Gasteiger partial charge in [0.1, 0.15) is 12.1 Å². The maximum atomic E-state index is 11.8. The van der Waals surface area contributed by atoms with Gasteiger partial charge in [0.25, 0.3) is 6.01 Å². The number of aromatic nitrogens is 1. The molecule has 0 radical (unpaired) electrons. The molecule has 0 aliphatic rings. The summed E-state index contributed by atoms with van der Waals surface area (Å²) in [6.45, 7) is -1.20. The van der Waals surface area contributed by atoms with Crippen LogP contribution in [0.1, 0.15) is 0 Å². The van der Waals surface area contributed by atoms with E-state index in [-0.39, 0.29) is 19.2 Å². The number of anilines is 2.